The van der Waals surface area contributed by atoms with Crippen LogP contribution >= 0.6 is 11.3 Å². The number of hydrogen-bond donors (Lipinski definition) is 0. The van der Waals surface area contributed by atoms with E-state index in [-0.39, 0.29) is 18.0 Å². The van der Waals surface area contributed by atoms with Crippen molar-refractivity contribution in [1.82, 2.24) is 24.0 Å². The summed E-state index contributed by atoms with van der Waals surface area (Å²) in [7, 11) is 0. The van der Waals surface area contributed by atoms with Gasteiger partial charge in [-0.1, -0.05) is 20.8 Å². The van der Waals surface area contributed by atoms with Gasteiger partial charge in [-0.3, -0.25) is 14.0 Å². The highest BCUT2D eigenvalue weighted by atomic mass is 32.1. The van der Waals surface area contributed by atoms with Crippen LogP contribution < -0.4 is 5.56 Å². The fraction of sp³-hybridized carbons (Fsp3) is 0.550. The van der Waals surface area contributed by atoms with Gasteiger partial charge in [-0.15, -0.1) is 11.3 Å². The number of aromatic nitrogens is 3. The lowest BCUT2D eigenvalue weighted by Crippen LogP contribution is -2.50. The number of hydrogen-bond acceptors (Lipinski definition) is 5. The van der Waals surface area contributed by atoms with E-state index in [9.17, 15) is 9.59 Å². The molecule has 0 saturated carbocycles. The summed E-state index contributed by atoms with van der Waals surface area (Å²) in [5.41, 5.74) is 1.46. The zero-order valence-corrected chi connectivity index (χ0v) is 17.6. The third-order valence-electron chi connectivity index (χ3n) is 5.61. The van der Waals surface area contributed by atoms with E-state index in [1.54, 1.807) is 11.3 Å². The molecule has 1 fully saturated rings. The Balaban J connectivity index is 1.67. The first-order valence-corrected chi connectivity index (χ1v) is 10.9. The molecule has 1 amide bonds. The molecule has 0 spiro atoms. The van der Waals surface area contributed by atoms with E-state index in [0.29, 0.717) is 25.0 Å². The molecule has 3 aromatic heterocycles. The van der Waals surface area contributed by atoms with Gasteiger partial charge < -0.3 is 9.80 Å². The normalized spacial score (nSPS) is 15.8. The van der Waals surface area contributed by atoms with Gasteiger partial charge in [0.2, 0.25) is 5.91 Å². The van der Waals surface area contributed by atoms with Crippen molar-refractivity contribution in [2.75, 3.05) is 32.7 Å². The molecule has 28 heavy (non-hydrogen) atoms. The number of rotatable bonds is 5. The number of aryl methyl sites for hydroxylation is 2. The van der Waals surface area contributed by atoms with E-state index in [0.717, 1.165) is 42.1 Å². The van der Waals surface area contributed by atoms with Gasteiger partial charge in [0.1, 0.15) is 17.9 Å². The summed E-state index contributed by atoms with van der Waals surface area (Å²) < 4.78 is 4.42. The predicted octanol–water partition coefficient (Wildman–Crippen LogP) is 2.00. The molecule has 150 valence electrons. The second-order valence-corrected chi connectivity index (χ2v) is 8.40. The van der Waals surface area contributed by atoms with Gasteiger partial charge in [-0.2, -0.15) is 5.10 Å². The first-order valence-electron chi connectivity index (χ1n) is 10.1. The number of likely N-dealkylation sites (N-methyl/N-ethyl adjacent to an activating group) is 1. The molecular weight excluding hydrogens is 374 g/mol. The van der Waals surface area contributed by atoms with Crippen molar-refractivity contribution in [1.29, 1.82) is 0 Å². The van der Waals surface area contributed by atoms with Crippen LogP contribution in [0.3, 0.4) is 0 Å². The van der Waals surface area contributed by atoms with Gasteiger partial charge >= 0.3 is 0 Å². The van der Waals surface area contributed by atoms with Gasteiger partial charge in [0.05, 0.1) is 10.2 Å². The smallest absolute Gasteiger partial charge is 0.291 e. The Bertz CT molecular complexity index is 1070. The van der Waals surface area contributed by atoms with Crippen molar-refractivity contribution < 1.29 is 4.79 Å². The Morgan fingerprint density at radius 2 is 1.82 bits per heavy atom. The van der Waals surface area contributed by atoms with E-state index in [1.165, 1.54) is 9.56 Å². The van der Waals surface area contributed by atoms with Gasteiger partial charge in [0.25, 0.3) is 5.56 Å². The van der Waals surface area contributed by atoms with Crippen LogP contribution in [0.1, 0.15) is 31.5 Å². The van der Waals surface area contributed by atoms with Crippen molar-refractivity contribution in [3.05, 3.63) is 33.2 Å². The van der Waals surface area contributed by atoms with Gasteiger partial charge in [0, 0.05) is 37.5 Å². The molecule has 0 aromatic carbocycles. The van der Waals surface area contributed by atoms with E-state index in [4.69, 9.17) is 0 Å². The monoisotopic (exact) mass is 401 g/mol. The first kappa shape index (κ1) is 19.1. The van der Waals surface area contributed by atoms with Crippen LogP contribution in [-0.4, -0.2) is 62.6 Å². The highest BCUT2D eigenvalue weighted by molar-refractivity contribution is 7.19. The quantitative estimate of drug-likeness (QED) is 0.656. The van der Waals surface area contributed by atoms with Crippen molar-refractivity contribution in [3.8, 4) is 0 Å². The Hall–Kier alpha value is -2.19. The van der Waals surface area contributed by atoms with E-state index >= 15 is 0 Å². The molecule has 0 aliphatic carbocycles. The minimum Gasteiger partial charge on any atom is -0.339 e. The topological polar surface area (TPSA) is 62.9 Å². The van der Waals surface area contributed by atoms with Crippen molar-refractivity contribution in [2.24, 2.45) is 0 Å². The van der Waals surface area contributed by atoms with Gasteiger partial charge in [0.15, 0.2) is 0 Å². The molecule has 3 aromatic rings. The maximum absolute atomic E-state index is 13.0. The molecule has 4 heterocycles. The third-order valence-corrected chi connectivity index (χ3v) is 6.83. The summed E-state index contributed by atoms with van der Waals surface area (Å²) in [4.78, 5) is 31.3. The molecule has 8 heteroatoms. The Morgan fingerprint density at radius 1 is 1.07 bits per heavy atom. The molecule has 0 N–H and O–H groups in total. The summed E-state index contributed by atoms with van der Waals surface area (Å²) in [6, 6.07) is 4.10. The zero-order chi connectivity index (χ0) is 19.8. The molecule has 0 unspecified atom stereocenters. The molecule has 7 nitrogen and oxygen atoms in total. The molecule has 0 bridgehead atoms. The van der Waals surface area contributed by atoms with Crippen LogP contribution in [0.5, 0.6) is 0 Å². The van der Waals surface area contributed by atoms with Gasteiger partial charge in [-0.25, -0.2) is 4.68 Å². The highest BCUT2D eigenvalue weighted by Gasteiger charge is 2.22. The van der Waals surface area contributed by atoms with E-state index in [2.05, 4.69) is 29.9 Å². The lowest BCUT2D eigenvalue weighted by Gasteiger charge is -2.34. The number of carbonyl (C=O) groups excluding carboxylic acids is 1. The van der Waals surface area contributed by atoms with Crippen molar-refractivity contribution >= 4 is 33.0 Å². The largest absolute Gasteiger partial charge is 0.339 e. The van der Waals surface area contributed by atoms with Crippen molar-refractivity contribution in [3.63, 3.8) is 0 Å². The van der Waals surface area contributed by atoms with Crippen LogP contribution in [0.4, 0.5) is 0 Å². The SMILES string of the molecule is CCc1cc2c(cc3c(=O)n(CC(=O)N4CCN(CC)CC4)nc(CC)n32)s1. The number of thiophene rings is 1. The van der Waals surface area contributed by atoms with Crippen LogP contribution in [0.15, 0.2) is 16.9 Å². The van der Waals surface area contributed by atoms with E-state index < -0.39 is 0 Å². The Labute approximate surface area is 168 Å². The minimum atomic E-state index is -0.195. The number of carbonyl (C=O) groups is 1. The average molecular weight is 402 g/mol. The average Bonchev–Trinajstić information content (AvgIpc) is 3.28. The molecule has 0 atom stereocenters. The molecule has 1 aliphatic heterocycles. The van der Waals surface area contributed by atoms with Crippen LogP contribution in [0.25, 0.3) is 15.7 Å². The van der Waals surface area contributed by atoms with E-state index in [1.807, 2.05) is 22.3 Å². The fourth-order valence-electron chi connectivity index (χ4n) is 3.89. The van der Waals surface area contributed by atoms with Gasteiger partial charge in [-0.05, 0) is 25.1 Å². The van der Waals surface area contributed by atoms with Crippen molar-refractivity contribution in [2.45, 2.75) is 40.2 Å². The maximum Gasteiger partial charge on any atom is 0.291 e. The first-order chi connectivity index (χ1) is 13.5. The summed E-state index contributed by atoms with van der Waals surface area (Å²) in [6.07, 6.45) is 1.67. The van der Waals surface area contributed by atoms with Crippen LogP contribution in [0.2, 0.25) is 0 Å². The molecular formula is C20H27N5O2S. The molecule has 0 radical (unpaired) electrons. The maximum atomic E-state index is 13.0. The second-order valence-electron chi connectivity index (χ2n) is 7.23. The summed E-state index contributed by atoms with van der Waals surface area (Å²) in [6.45, 7) is 10.5. The number of piperazine rings is 1. The Morgan fingerprint density at radius 3 is 2.46 bits per heavy atom. The highest BCUT2D eigenvalue weighted by Crippen LogP contribution is 2.29. The number of fused-ring (bicyclic) bond motifs is 3. The Kier molecular flexibility index (Phi) is 5.25. The lowest BCUT2D eigenvalue weighted by molar-refractivity contribution is -0.133. The van der Waals surface area contributed by atoms with Crippen LogP contribution in [0, 0.1) is 0 Å². The molecule has 4 rings (SSSR count). The number of nitrogens with zero attached hydrogens (tertiary/aromatic N) is 5. The standard InChI is InChI=1S/C20H27N5O2S/c1-4-14-11-15-17(28-14)12-16-20(27)24(21-18(5-2)25(15)16)13-19(26)23-9-7-22(6-3)8-10-23/h11-12H,4-10,13H2,1-3H3. The predicted molar refractivity (Wildman–Crippen MR) is 112 cm³/mol. The second kappa shape index (κ2) is 7.67. The molecule has 1 saturated heterocycles. The minimum absolute atomic E-state index is 0.00744. The summed E-state index contributed by atoms with van der Waals surface area (Å²) >= 11 is 1.72. The summed E-state index contributed by atoms with van der Waals surface area (Å²) in [5, 5.41) is 4.56. The third kappa shape index (κ3) is 3.24. The zero-order valence-electron chi connectivity index (χ0n) is 16.8. The summed E-state index contributed by atoms with van der Waals surface area (Å²) in [5.74, 6) is 0.784. The lowest BCUT2D eigenvalue weighted by atomic mass is 10.3. The van der Waals surface area contributed by atoms with Crippen LogP contribution in [-0.2, 0) is 24.2 Å². The number of amides is 1. The fourth-order valence-corrected chi connectivity index (χ4v) is 4.91. The molecule has 1 aliphatic rings.